The summed E-state index contributed by atoms with van der Waals surface area (Å²) in [7, 11) is 0. The van der Waals surface area contributed by atoms with E-state index >= 15 is 0 Å². The minimum atomic E-state index is -0.0199. The summed E-state index contributed by atoms with van der Waals surface area (Å²) in [5.41, 5.74) is 2.63. The topological polar surface area (TPSA) is 63.9 Å². The molecule has 0 spiro atoms. The first-order valence-corrected chi connectivity index (χ1v) is 10.7. The first kappa shape index (κ1) is 19.8. The smallest absolute Gasteiger partial charge is 0.242 e. The van der Waals surface area contributed by atoms with Crippen LogP contribution in [-0.4, -0.2) is 31.4 Å². The number of para-hydroxylation sites is 2. The van der Waals surface area contributed by atoms with E-state index in [1.54, 1.807) is 17.3 Å². The number of hydrogen-bond acceptors (Lipinski definition) is 5. The van der Waals surface area contributed by atoms with Crippen molar-refractivity contribution in [3.8, 4) is 11.4 Å². The van der Waals surface area contributed by atoms with Crippen LogP contribution >= 0.6 is 11.8 Å². The molecule has 1 amide bonds. The molecular formula is C23H21N5OS. The van der Waals surface area contributed by atoms with E-state index in [1.807, 2.05) is 84.3 Å². The third-order valence-corrected chi connectivity index (χ3v) is 5.53. The predicted octanol–water partition coefficient (Wildman–Crippen LogP) is 4.82. The molecular weight excluding hydrogens is 394 g/mol. The summed E-state index contributed by atoms with van der Waals surface area (Å²) >= 11 is 1.40. The highest BCUT2D eigenvalue weighted by molar-refractivity contribution is 7.99. The lowest BCUT2D eigenvalue weighted by molar-refractivity contribution is -0.115. The molecule has 2 aromatic heterocycles. The Morgan fingerprint density at radius 2 is 1.50 bits per heavy atom. The molecule has 0 aliphatic rings. The third-order valence-electron chi connectivity index (χ3n) is 4.57. The molecule has 0 atom stereocenters. The van der Waals surface area contributed by atoms with Crippen LogP contribution in [0.15, 0.2) is 90.3 Å². The molecule has 0 saturated heterocycles. The number of benzene rings is 2. The zero-order valence-corrected chi connectivity index (χ0v) is 17.4. The first-order chi connectivity index (χ1) is 14.8. The lowest BCUT2D eigenvalue weighted by Crippen LogP contribution is -2.27. The molecule has 150 valence electrons. The van der Waals surface area contributed by atoms with Crippen molar-refractivity contribution in [2.24, 2.45) is 0 Å². The summed E-state index contributed by atoms with van der Waals surface area (Å²) in [5.74, 6) is 1.00. The van der Waals surface area contributed by atoms with Gasteiger partial charge in [-0.15, -0.1) is 10.2 Å². The lowest BCUT2D eigenvalue weighted by atomic mass is 10.2. The van der Waals surface area contributed by atoms with Crippen molar-refractivity contribution >= 4 is 29.0 Å². The first-order valence-electron chi connectivity index (χ1n) is 9.67. The molecule has 0 aliphatic heterocycles. The summed E-state index contributed by atoms with van der Waals surface area (Å²) < 4.78 is 2.02. The number of nitrogens with zero attached hydrogens (tertiary/aromatic N) is 5. The van der Waals surface area contributed by atoms with Crippen molar-refractivity contribution in [1.82, 2.24) is 19.7 Å². The van der Waals surface area contributed by atoms with Crippen LogP contribution in [0.4, 0.5) is 11.4 Å². The molecule has 2 aromatic carbocycles. The van der Waals surface area contributed by atoms with E-state index in [0.717, 1.165) is 27.9 Å². The summed E-state index contributed by atoms with van der Waals surface area (Å²) in [6, 6.07) is 23.2. The number of rotatable bonds is 7. The van der Waals surface area contributed by atoms with Crippen LogP contribution in [0.25, 0.3) is 11.4 Å². The summed E-state index contributed by atoms with van der Waals surface area (Å²) in [4.78, 5) is 19.0. The highest BCUT2D eigenvalue weighted by Gasteiger charge is 2.20. The summed E-state index contributed by atoms with van der Waals surface area (Å²) in [6.45, 7) is 2.75. The number of pyridine rings is 1. The number of aromatic nitrogens is 4. The highest BCUT2D eigenvalue weighted by atomic mass is 32.2. The zero-order chi connectivity index (χ0) is 20.8. The van der Waals surface area contributed by atoms with E-state index in [-0.39, 0.29) is 11.7 Å². The van der Waals surface area contributed by atoms with Gasteiger partial charge in [0.1, 0.15) is 0 Å². The maximum atomic E-state index is 13.2. The van der Waals surface area contributed by atoms with Gasteiger partial charge in [0.25, 0.3) is 0 Å². The number of thioether (sulfide) groups is 1. The third kappa shape index (κ3) is 4.26. The minimum Gasteiger partial charge on any atom is -0.302 e. The Labute approximate surface area is 179 Å². The van der Waals surface area contributed by atoms with E-state index in [1.165, 1.54) is 11.8 Å². The second kappa shape index (κ2) is 9.37. The van der Waals surface area contributed by atoms with Gasteiger partial charge in [-0.3, -0.25) is 14.7 Å². The van der Waals surface area contributed by atoms with E-state index in [9.17, 15) is 4.79 Å². The molecule has 4 aromatic rings. The molecule has 0 fully saturated rings. The van der Waals surface area contributed by atoms with Gasteiger partial charge in [-0.1, -0.05) is 48.2 Å². The van der Waals surface area contributed by atoms with E-state index < -0.39 is 0 Å². The van der Waals surface area contributed by atoms with E-state index in [0.29, 0.717) is 6.54 Å². The number of hydrogen-bond donors (Lipinski definition) is 0. The molecule has 30 heavy (non-hydrogen) atoms. The van der Waals surface area contributed by atoms with Gasteiger partial charge in [0.2, 0.25) is 5.91 Å². The van der Waals surface area contributed by atoms with Crippen molar-refractivity contribution < 1.29 is 4.79 Å². The number of amides is 1. The molecule has 0 aliphatic carbocycles. The SMILES string of the molecule is CCn1c(SCC(=O)N(c2ccccc2)c2ccccc2)nnc1-c1ccncc1. The van der Waals surface area contributed by atoms with Crippen molar-refractivity contribution in [3.63, 3.8) is 0 Å². The van der Waals surface area contributed by atoms with Gasteiger partial charge in [0.05, 0.1) is 5.75 Å². The van der Waals surface area contributed by atoms with Crippen molar-refractivity contribution in [2.45, 2.75) is 18.6 Å². The Hall–Kier alpha value is -3.45. The van der Waals surface area contributed by atoms with E-state index in [4.69, 9.17) is 0 Å². The average molecular weight is 416 g/mol. The van der Waals surface area contributed by atoms with Crippen molar-refractivity contribution in [3.05, 3.63) is 85.2 Å². The van der Waals surface area contributed by atoms with Crippen molar-refractivity contribution in [1.29, 1.82) is 0 Å². The average Bonchev–Trinajstić information content (AvgIpc) is 3.23. The molecule has 0 radical (unpaired) electrons. The van der Waals surface area contributed by atoms with Gasteiger partial charge in [-0.2, -0.15) is 0 Å². The molecule has 0 N–H and O–H groups in total. The Balaban J connectivity index is 1.57. The Bertz CT molecular complexity index is 1060. The summed E-state index contributed by atoms with van der Waals surface area (Å²) in [5, 5.41) is 9.38. The molecule has 0 bridgehead atoms. The normalized spacial score (nSPS) is 10.7. The fourth-order valence-electron chi connectivity index (χ4n) is 3.18. The Morgan fingerprint density at radius 1 is 0.900 bits per heavy atom. The van der Waals surface area contributed by atoms with Crippen LogP contribution in [-0.2, 0) is 11.3 Å². The standard InChI is InChI=1S/C23H21N5OS/c1-2-27-22(18-13-15-24-16-14-18)25-26-23(27)30-17-21(29)28(19-9-5-3-6-10-19)20-11-7-4-8-12-20/h3-16H,2,17H2,1H3. The predicted molar refractivity (Wildman–Crippen MR) is 120 cm³/mol. The van der Waals surface area contributed by atoms with Gasteiger partial charge in [0.15, 0.2) is 11.0 Å². The van der Waals surface area contributed by atoms with Gasteiger partial charge in [0, 0.05) is 35.9 Å². The molecule has 6 nitrogen and oxygen atoms in total. The van der Waals surface area contributed by atoms with Crippen LogP contribution < -0.4 is 4.90 Å². The van der Waals surface area contributed by atoms with Gasteiger partial charge < -0.3 is 4.57 Å². The second-order valence-electron chi connectivity index (χ2n) is 6.48. The fourth-order valence-corrected chi connectivity index (χ4v) is 4.03. The zero-order valence-electron chi connectivity index (χ0n) is 16.5. The number of carbonyl (C=O) groups excluding carboxylic acids is 1. The van der Waals surface area contributed by atoms with Crippen LogP contribution in [0.5, 0.6) is 0 Å². The van der Waals surface area contributed by atoms with Crippen LogP contribution in [0.2, 0.25) is 0 Å². The Kier molecular flexibility index (Phi) is 6.20. The van der Waals surface area contributed by atoms with Crippen LogP contribution in [0, 0.1) is 0 Å². The molecule has 7 heteroatoms. The quantitative estimate of drug-likeness (QED) is 0.405. The maximum Gasteiger partial charge on any atom is 0.242 e. The summed E-state index contributed by atoms with van der Waals surface area (Å²) in [6.07, 6.45) is 3.47. The van der Waals surface area contributed by atoms with E-state index in [2.05, 4.69) is 15.2 Å². The minimum absolute atomic E-state index is 0.0199. The maximum absolute atomic E-state index is 13.2. The van der Waals surface area contributed by atoms with Crippen LogP contribution in [0.3, 0.4) is 0 Å². The Morgan fingerprint density at radius 3 is 2.07 bits per heavy atom. The second-order valence-corrected chi connectivity index (χ2v) is 7.42. The largest absolute Gasteiger partial charge is 0.302 e. The van der Waals surface area contributed by atoms with Crippen molar-refractivity contribution in [2.75, 3.05) is 10.7 Å². The molecule has 4 rings (SSSR count). The monoisotopic (exact) mass is 415 g/mol. The van der Waals surface area contributed by atoms with Gasteiger partial charge in [-0.05, 0) is 43.3 Å². The van der Waals surface area contributed by atoms with Gasteiger partial charge >= 0.3 is 0 Å². The molecule has 0 saturated carbocycles. The number of anilines is 2. The highest BCUT2D eigenvalue weighted by Crippen LogP contribution is 2.28. The molecule has 0 unspecified atom stereocenters. The van der Waals surface area contributed by atoms with Crippen LogP contribution in [0.1, 0.15) is 6.92 Å². The number of carbonyl (C=O) groups is 1. The molecule has 2 heterocycles. The fraction of sp³-hybridized carbons (Fsp3) is 0.130. The lowest BCUT2D eigenvalue weighted by Gasteiger charge is -2.23. The van der Waals surface area contributed by atoms with Gasteiger partial charge in [-0.25, -0.2) is 0 Å².